The van der Waals surface area contributed by atoms with Gasteiger partial charge in [-0.25, -0.2) is 0 Å². The van der Waals surface area contributed by atoms with Gasteiger partial charge in [0.25, 0.3) is 6.47 Å². The Hall–Kier alpha value is -3.73. The molecule has 0 saturated heterocycles. The SMILES string of the molecule is CCOC=O.COc1cccc(Cn2cc(-c3ccc(C(C)(C)C)cc3)c3cc(NCC4CC4)ccc32)c1. The summed E-state index contributed by atoms with van der Waals surface area (Å²) in [5.74, 6) is 1.75. The van der Waals surface area contributed by atoms with E-state index < -0.39 is 0 Å². The maximum Gasteiger partial charge on any atom is 0.293 e. The highest BCUT2D eigenvalue weighted by molar-refractivity contribution is 5.98. The van der Waals surface area contributed by atoms with Crippen LogP contribution in [0.4, 0.5) is 5.69 Å². The number of hydrogen-bond donors (Lipinski definition) is 1. The first-order chi connectivity index (χ1) is 18.3. The zero-order valence-corrected chi connectivity index (χ0v) is 23.3. The van der Waals surface area contributed by atoms with Crippen LogP contribution in [0.15, 0.2) is 72.9 Å². The summed E-state index contributed by atoms with van der Waals surface area (Å²) in [5.41, 5.74) is 7.75. The monoisotopic (exact) mass is 512 g/mol. The Bertz CT molecular complexity index is 1350. The van der Waals surface area contributed by atoms with Gasteiger partial charge in [0.1, 0.15) is 5.75 Å². The van der Waals surface area contributed by atoms with E-state index in [-0.39, 0.29) is 5.41 Å². The molecule has 1 N–H and O–H groups in total. The van der Waals surface area contributed by atoms with Gasteiger partial charge < -0.3 is 19.4 Å². The van der Waals surface area contributed by atoms with Crippen molar-refractivity contribution in [2.45, 2.75) is 52.5 Å². The fraction of sp³-hybridized carbons (Fsp3) is 0.364. The van der Waals surface area contributed by atoms with Gasteiger partial charge in [-0.05, 0) is 78.1 Å². The Labute approximate surface area is 226 Å². The van der Waals surface area contributed by atoms with E-state index in [1.165, 1.54) is 51.7 Å². The number of ether oxygens (including phenoxy) is 2. The van der Waals surface area contributed by atoms with E-state index in [1.807, 2.05) is 6.07 Å². The zero-order chi connectivity index (χ0) is 27.1. The molecule has 0 spiro atoms. The lowest BCUT2D eigenvalue weighted by Crippen LogP contribution is -2.10. The highest BCUT2D eigenvalue weighted by atomic mass is 16.5. The predicted molar refractivity (Wildman–Crippen MR) is 157 cm³/mol. The maximum absolute atomic E-state index is 9.18. The molecule has 3 aromatic carbocycles. The molecule has 5 heteroatoms. The molecule has 0 bridgehead atoms. The number of carbonyl (C=O) groups excluding carboxylic acids is 1. The number of methoxy groups -OCH3 is 1. The van der Waals surface area contributed by atoms with Crippen LogP contribution < -0.4 is 10.1 Å². The van der Waals surface area contributed by atoms with Crippen LogP contribution in [-0.4, -0.2) is 31.3 Å². The van der Waals surface area contributed by atoms with Gasteiger partial charge in [-0.3, -0.25) is 4.79 Å². The molecule has 1 aliphatic carbocycles. The molecular weight excluding hydrogens is 472 g/mol. The number of hydrogen-bond acceptors (Lipinski definition) is 4. The molecule has 1 fully saturated rings. The van der Waals surface area contributed by atoms with Crippen molar-refractivity contribution in [1.82, 2.24) is 4.57 Å². The van der Waals surface area contributed by atoms with Gasteiger partial charge in [0.05, 0.1) is 13.7 Å². The molecule has 4 aromatic rings. The lowest BCUT2D eigenvalue weighted by atomic mass is 9.86. The fourth-order valence-corrected chi connectivity index (χ4v) is 4.54. The van der Waals surface area contributed by atoms with Crippen molar-refractivity contribution in [2.75, 3.05) is 25.6 Å². The molecule has 5 rings (SSSR count). The maximum atomic E-state index is 9.18. The molecule has 1 saturated carbocycles. The number of fused-ring (bicyclic) bond motifs is 1. The van der Waals surface area contributed by atoms with E-state index in [2.05, 4.69) is 102 Å². The van der Waals surface area contributed by atoms with Crippen LogP contribution in [-0.2, 0) is 21.5 Å². The molecular formula is C33H40N2O3. The zero-order valence-electron chi connectivity index (χ0n) is 23.3. The third kappa shape index (κ3) is 6.97. The minimum absolute atomic E-state index is 0.152. The highest BCUT2D eigenvalue weighted by Gasteiger charge is 2.21. The third-order valence-electron chi connectivity index (χ3n) is 6.96. The van der Waals surface area contributed by atoms with E-state index in [1.54, 1.807) is 14.0 Å². The van der Waals surface area contributed by atoms with E-state index >= 15 is 0 Å². The van der Waals surface area contributed by atoms with Crippen LogP contribution in [0, 0.1) is 5.92 Å². The van der Waals surface area contributed by atoms with Crippen LogP contribution in [0.2, 0.25) is 0 Å². The second kappa shape index (κ2) is 12.2. The minimum Gasteiger partial charge on any atom is -0.497 e. The number of rotatable bonds is 9. The van der Waals surface area contributed by atoms with E-state index in [9.17, 15) is 4.79 Å². The molecule has 0 amide bonds. The number of nitrogens with one attached hydrogen (secondary N) is 1. The van der Waals surface area contributed by atoms with Crippen LogP contribution in [0.25, 0.3) is 22.0 Å². The molecule has 0 aliphatic heterocycles. The lowest BCUT2D eigenvalue weighted by molar-refractivity contribution is -0.128. The van der Waals surface area contributed by atoms with E-state index in [4.69, 9.17) is 4.74 Å². The standard InChI is InChI=1S/C30H34N2O.C3H6O2/c1-30(2,3)24-12-10-23(11-13-24)28-20-32(19-22-6-5-7-26(16-22)33-4)29-15-14-25(17-27(28)29)31-18-21-8-9-21;1-2-5-3-4/h5-7,10-17,20-21,31H,8-9,18-19H2,1-4H3;3H,2H2,1H3. The first-order valence-electron chi connectivity index (χ1n) is 13.5. The molecule has 0 radical (unpaired) electrons. The smallest absolute Gasteiger partial charge is 0.293 e. The molecule has 200 valence electrons. The van der Waals surface area contributed by atoms with Gasteiger partial charge in [0.2, 0.25) is 0 Å². The highest BCUT2D eigenvalue weighted by Crippen LogP contribution is 2.35. The second-order valence-corrected chi connectivity index (χ2v) is 11.0. The van der Waals surface area contributed by atoms with Gasteiger partial charge in [-0.2, -0.15) is 0 Å². The summed E-state index contributed by atoms with van der Waals surface area (Å²) < 4.78 is 12.0. The first kappa shape index (κ1) is 27.3. The molecule has 38 heavy (non-hydrogen) atoms. The third-order valence-corrected chi connectivity index (χ3v) is 6.96. The van der Waals surface area contributed by atoms with Crippen molar-refractivity contribution >= 4 is 23.1 Å². The predicted octanol–water partition coefficient (Wildman–Crippen LogP) is 7.66. The summed E-state index contributed by atoms with van der Waals surface area (Å²) in [6, 6.07) is 24.2. The average Bonchev–Trinajstić information content (AvgIpc) is 3.69. The van der Waals surface area contributed by atoms with E-state index in [0.29, 0.717) is 13.1 Å². The minimum atomic E-state index is 0.152. The van der Waals surface area contributed by atoms with Crippen LogP contribution in [0.1, 0.15) is 51.7 Å². The molecule has 1 aromatic heterocycles. The number of carbonyl (C=O) groups is 1. The van der Waals surface area contributed by atoms with Gasteiger partial charge in [-0.15, -0.1) is 0 Å². The summed E-state index contributed by atoms with van der Waals surface area (Å²) >= 11 is 0. The first-order valence-corrected chi connectivity index (χ1v) is 13.5. The molecule has 1 heterocycles. The second-order valence-electron chi connectivity index (χ2n) is 11.0. The Kier molecular flexibility index (Phi) is 8.77. The van der Waals surface area contributed by atoms with Crippen molar-refractivity contribution in [1.29, 1.82) is 0 Å². The van der Waals surface area contributed by atoms with Crippen molar-refractivity contribution in [3.63, 3.8) is 0 Å². The topological polar surface area (TPSA) is 52.5 Å². The van der Waals surface area contributed by atoms with Crippen molar-refractivity contribution < 1.29 is 14.3 Å². The molecule has 0 unspecified atom stereocenters. The van der Waals surface area contributed by atoms with Crippen molar-refractivity contribution in [3.8, 4) is 16.9 Å². The summed E-state index contributed by atoms with van der Waals surface area (Å²) in [6.07, 6.45) is 5.02. The number of nitrogens with zero attached hydrogens (tertiary/aromatic N) is 1. The Balaban J connectivity index is 0.000000617. The molecule has 5 nitrogen and oxygen atoms in total. The Morgan fingerprint density at radius 2 is 1.79 bits per heavy atom. The molecule has 1 aliphatic rings. The van der Waals surface area contributed by atoms with Gasteiger partial charge in [0, 0.05) is 41.4 Å². The number of anilines is 1. The summed E-state index contributed by atoms with van der Waals surface area (Å²) in [6.45, 7) is 11.3. The molecule has 0 atom stereocenters. The van der Waals surface area contributed by atoms with Crippen molar-refractivity contribution in [3.05, 3.63) is 84.1 Å². The Morgan fingerprint density at radius 3 is 2.39 bits per heavy atom. The Morgan fingerprint density at radius 1 is 1.03 bits per heavy atom. The summed E-state index contributed by atoms with van der Waals surface area (Å²) in [4.78, 5) is 9.18. The van der Waals surface area contributed by atoms with Gasteiger partial charge >= 0.3 is 0 Å². The van der Waals surface area contributed by atoms with Gasteiger partial charge in [0.15, 0.2) is 0 Å². The summed E-state index contributed by atoms with van der Waals surface area (Å²) in [7, 11) is 1.72. The van der Waals surface area contributed by atoms with Crippen LogP contribution in [0.3, 0.4) is 0 Å². The van der Waals surface area contributed by atoms with Gasteiger partial charge in [-0.1, -0.05) is 57.2 Å². The summed E-state index contributed by atoms with van der Waals surface area (Å²) in [5, 5.41) is 4.95. The largest absolute Gasteiger partial charge is 0.497 e. The fourth-order valence-electron chi connectivity index (χ4n) is 4.54. The number of benzene rings is 3. The lowest BCUT2D eigenvalue weighted by Gasteiger charge is -2.19. The van der Waals surface area contributed by atoms with E-state index in [0.717, 1.165) is 24.8 Å². The van der Waals surface area contributed by atoms with Crippen LogP contribution >= 0.6 is 0 Å². The van der Waals surface area contributed by atoms with Crippen molar-refractivity contribution in [2.24, 2.45) is 5.92 Å². The normalized spacial score (nSPS) is 13.0. The average molecular weight is 513 g/mol. The quantitative estimate of drug-likeness (QED) is 0.234. The van der Waals surface area contributed by atoms with Crippen LogP contribution in [0.5, 0.6) is 5.75 Å². The number of aromatic nitrogens is 1.